The molecule has 0 saturated heterocycles. The first-order valence-corrected chi connectivity index (χ1v) is 18.2. The number of allylic oxidation sites excluding steroid dienone is 2. The van der Waals surface area contributed by atoms with E-state index in [0.29, 0.717) is 5.41 Å². The van der Waals surface area contributed by atoms with E-state index in [9.17, 15) is 9.90 Å². The number of benzene rings is 2. The summed E-state index contributed by atoms with van der Waals surface area (Å²) in [7, 11) is 0. The van der Waals surface area contributed by atoms with Gasteiger partial charge in [-0.25, -0.2) is 0 Å². The Kier molecular flexibility index (Phi) is 13.2. The number of aromatic nitrogens is 1. The van der Waals surface area contributed by atoms with Crippen molar-refractivity contribution >= 4 is 61.4 Å². The Labute approximate surface area is 287 Å². The van der Waals surface area contributed by atoms with Crippen molar-refractivity contribution in [3.05, 3.63) is 77.7 Å². The number of aryl methyl sites for hydroxylation is 1. The van der Waals surface area contributed by atoms with E-state index in [2.05, 4.69) is 76.2 Å². The van der Waals surface area contributed by atoms with Crippen molar-refractivity contribution in [1.29, 1.82) is 0 Å². The molecule has 3 aromatic heterocycles. The van der Waals surface area contributed by atoms with Crippen LogP contribution in [0.4, 0.5) is 0 Å². The van der Waals surface area contributed by atoms with Gasteiger partial charge < -0.3 is 5.11 Å². The van der Waals surface area contributed by atoms with Crippen LogP contribution in [-0.4, -0.2) is 30.4 Å². The Morgan fingerprint density at radius 2 is 1.59 bits per heavy atom. The van der Waals surface area contributed by atoms with Gasteiger partial charge in [0.05, 0.1) is 5.76 Å². The van der Waals surface area contributed by atoms with Crippen LogP contribution in [0, 0.1) is 30.2 Å². The Morgan fingerprint density at radius 3 is 2.20 bits per heavy atom. The van der Waals surface area contributed by atoms with Gasteiger partial charge in [-0.05, 0) is 25.7 Å². The van der Waals surface area contributed by atoms with Crippen molar-refractivity contribution < 1.29 is 30.0 Å². The topological polar surface area (TPSA) is 50.2 Å². The second-order valence-electron chi connectivity index (χ2n) is 12.7. The molecule has 0 unspecified atom stereocenters. The molecule has 3 nitrogen and oxygen atoms in total. The van der Waals surface area contributed by atoms with Crippen LogP contribution < -0.4 is 0 Å². The number of thiophene rings is 1. The van der Waals surface area contributed by atoms with Crippen molar-refractivity contribution in [3.63, 3.8) is 0 Å². The number of pyridine rings is 1. The summed E-state index contributed by atoms with van der Waals surface area (Å²) in [6.07, 6.45) is 7.98. The van der Waals surface area contributed by atoms with Gasteiger partial charge in [0.25, 0.3) is 0 Å². The third kappa shape index (κ3) is 8.39. The van der Waals surface area contributed by atoms with Crippen LogP contribution in [0.25, 0.3) is 39.9 Å². The maximum absolute atomic E-state index is 11.7. The number of aliphatic hydroxyl groups excluding tert-OH is 1. The fourth-order valence-corrected chi connectivity index (χ4v) is 9.25. The molecule has 0 aliphatic carbocycles. The van der Waals surface area contributed by atoms with Crippen LogP contribution in [0.1, 0.15) is 85.3 Å². The van der Waals surface area contributed by atoms with Crippen molar-refractivity contribution in [1.82, 2.24) is 4.98 Å². The number of rotatable bonds is 9. The molecule has 0 spiro atoms. The van der Waals surface area contributed by atoms with Crippen LogP contribution in [0.5, 0.6) is 0 Å². The van der Waals surface area contributed by atoms with Crippen molar-refractivity contribution in [2.45, 2.75) is 87.5 Å². The average Bonchev–Trinajstić information content (AvgIpc) is 3.58. The minimum Gasteiger partial charge on any atom is 0 e. The predicted octanol–water partition coefficient (Wildman–Crippen LogP) is 10.9. The second kappa shape index (κ2) is 16.0. The number of hydrogen-bond acceptors (Lipinski definition) is 4. The molecule has 5 rings (SSSR count). The van der Waals surface area contributed by atoms with E-state index in [0.717, 1.165) is 37.8 Å². The van der Waals surface area contributed by atoms with E-state index in [4.69, 9.17) is 4.98 Å². The number of hydrogen-bond donors (Lipinski definition) is 1. The van der Waals surface area contributed by atoms with Gasteiger partial charge in [-0.3, -0.25) is 4.79 Å². The van der Waals surface area contributed by atoms with Crippen molar-refractivity contribution in [2.75, 3.05) is 0 Å². The molecule has 2 aromatic carbocycles. The van der Waals surface area contributed by atoms with Crippen LogP contribution in [0.15, 0.2) is 60.5 Å². The van der Waals surface area contributed by atoms with Gasteiger partial charge in [-0.15, -0.1) is 0 Å². The second-order valence-corrected chi connectivity index (χ2v) is 15.9. The summed E-state index contributed by atoms with van der Waals surface area (Å²) in [5.41, 5.74) is 4.31. The van der Waals surface area contributed by atoms with Gasteiger partial charge in [0.15, 0.2) is 5.78 Å². The minimum absolute atomic E-state index is 0. The van der Waals surface area contributed by atoms with Crippen molar-refractivity contribution in [3.8, 4) is 10.1 Å². The van der Waals surface area contributed by atoms with Gasteiger partial charge >= 0.3 is 176 Å². The molecule has 237 valence electrons. The van der Waals surface area contributed by atoms with E-state index < -0.39 is 0 Å². The number of nitrogens with zero attached hydrogens (tertiary/aromatic N) is 1. The summed E-state index contributed by atoms with van der Waals surface area (Å²) < 4.78 is 5.41. The average molecular weight is 852 g/mol. The first-order chi connectivity index (χ1) is 20.5. The van der Waals surface area contributed by atoms with Crippen molar-refractivity contribution in [2.24, 2.45) is 17.3 Å². The first-order valence-electron chi connectivity index (χ1n) is 15.7. The maximum atomic E-state index is 11.7. The monoisotopic (exact) mass is 853 g/mol. The molecule has 0 atom stereocenters. The zero-order chi connectivity index (χ0) is 31.3. The zero-order valence-corrected chi connectivity index (χ0v) is 32.3. The molecule has 1 radical (unpaired) electrons. The van der Waals surface area contributed by atoms with Crippen LogP contribution >= 0.6 is 11.3 Å². The molecule has 6 heteroatoms. The Hall–Kier alpha value is -2.07. The molecule has 0 fully saturated rings. The normalized spacial score (nSPS) is 12.2. The molecule has 0 bridgehead atoms. The van der Waals surface area contributed by atoms with Crippen LogP contribution in [0.3, 0.4) is 0 Å². The third-order valence-corrected chi connectivity index (χ3v) is 11.9. The maximum Gasteiger partial charge on any atom is 0 e. The van der Waals surface area contributed by atoms with E-state index in [1.165, 1.54) is 51.5 Å². The summed E-state index contributed by atoms with van der Waals surface area (Å²) in [4.78, 5) is 16.5. The fraction of sp³-hybridized carbons (Fsp3) is 0.421. The van der Waals surface area contributed by atoms with Gasteiger partial charge in [0.1, 0.15) is 0 Å². The number of ketones is 1. The van der Waals surface area contributed by atoms with Gasteiger partial charge in [0.2, 0.25) is 0 Å². The predicted molar refractivity (Wildman–Crippen MR) is 188 cm³/mol. The van der Waals surface area contributed by atoms with Crippen LogP contribution in [0.2, 0.25) is 0 Å². The molecule has 1 N–H and O–H groups in total. The first kappa shape index (κ1) is 36.4. The van der Waals surface area contributed by atoms with E-state index >= 15 is 0 Å². The quantitative estimate of drug-likeness (QED) is 0.0696. The molecule has 0 aliphatic rings. The summed E-state index contributed by atoms with van der Waals surface area (Å²) >= 11 is 2.19. The molecule has 0 aliphatic heterocycles. The van der Waals surface area contributed by atoms with Gasteiger partial charge in [0, 0.05) is 38.0 Å². The number of aliphatic hydroxyl groups is 1. The Morgan fingerprint density at radius 1 is 0.955 bits per heavy atom. The van der Waals surface area contributed by atoms with E-state index in [1.807, 2.05) is 45.2 Å². The summed E-state index contributed by atoms with van der Waals surface area (Å²) in [5, 5.41) is 13.7. The number of fused-ring (bicyclic) bond motifs is 4. The summed E-state index contributed by atoms with van der Waals surface area (Å²) in [6, 6.07) is 19.1. The Bertz CT molecular complexity index is 1700. The summed E-state index contributed by atoms with van der Waals surface area (Å²) in [5.74, 6) is 0.547. The smallest absolute Gasteiger partial charge is 0 e. The molecule has 0 saturated carbocycles. The molecular formula is C38H46IrNO2SSe-. The van der Waals surface area contributed by atoms with E-state index in [-0.39, 0.29) is 58.0 Å². The molecule has 0 amide bonds. The van der Waals surface area contributed by atoms with Gasteiger partial charge in [-0.2, -0.15) is 0 Å². The minimum atomic E-state index is 0. The summed E-state index contributed by atoms with van der Waals surface area (Å²) in [6.45, 7) is 17.3. The SMILES string of the molecule is CCC(CC)C(=O)/C=C(\O)C(CC)CC.Cc1c(CC(C)(C)C)ccc2c1sc1c(-c3[c-]c4ccccc4[se]3)nccc12.[Ir]. The Balaban J connectivity index is 0.000000286. The third-order valence-electron chi connectivity index (χ3n) is 8.28. The van der Waals surface area contributed by atoms with Gasteiger partial charge in [-0.1, -0.05) is 27.7 Å². The zero-order valence-electron chi connectivity index (χ0n) is 27.3. The van der Waals surface area contributed by atoms with Crippen LogP contribution in [-0.2, 0) is 31.3 Å². The van der Waals surface area contributed by atoms with E-state index in [1.54, 1.807) is 0 Å². The molecular weight excluding hydrogens is 806 g/mol. The fourth-order valence-electron chi connectivity index (χ4n) is 5.67. The molecule has 3 heterocycles. The molecule has 5 aromatic rings. The standard InChI is InChI=1S/C25H22NSSe.C13H24O2.Ir/c1-15-17(14-25(2,3)4)9-10-18-19-11-12-26-22(24(19)27-23(15)18)21-13-16-7-5-6-8-20(16)28-21;1-5-10(6-2)12(14)9-13(15)11(7-3)8-4;/h5-12H,14H2,1-4H3;9-11,14H,5-8H2,1-4H3;/q-1;;/b;12-9-;. The number of carbonyl (C=O) groups is 1. The molecule has 44 heavy (non-hydrogen) atoms. The largest absolute Gasteiger partial charge is 0 e. The number of carbonyl (C=O) groups excluding carboxylic acids is 1.